The van der Waals surface area contributed by atoms with Crippen molar-refractivity contribution < 1.29 is 4.79 Å². The number of halogens is 2. The van der Waals surface area contributed by atoms with Crippen molar-refractivity contribution in [2.24, 2.45) is 0 Å². The van der Waals surface area contributed by atoms with Gasteiger partial charge in [0, 0.05) is 25.3 Å². The first-order chi connectivity index (χ1) is 8.56. The number of hydrogen-bond acceptors (Lipinski definition) is 2. The largest absolute Gasteiger partial charge is 0.347 e. The summed E-state index contributed by atoms with van der Waals surface area (Å²) in [4.78, 5) is 13.1. The highest BCUT2D eigenvalue weighted by molar-refractivity contribution is 9.10. The number of carbonyl (C=O) groups excluding carboxylic acids is 1. The molecule has 2 aromatic rings. The minimum atomic E-state index is -0.0977. The average molecular weight is 345 g/mol. The van der Waals surface area contributed by atoms with Crippen LogP contribution in [0.4, 0.5) is 0 Å². The minimum absolute atomic E-state index is 0.0977. The zero-order valence-corrected chi connectivity index (χ0v) is 12.8. The van der Waals surface area contributed by atoms with Gasteiger partial charge in [0.15, 0.2) is 0 Å². The summed E-state index contributed by atoms with van der Waals surface area (Å²) < 4.78 is 1.04. The Morgan fingerprint density at radius 1 is 1.44 bits per heavy atom. The highest BCUT2D eigenvalue weighted by atomic mass is 79.9. The molecule has 0 bridgehead atoms. The number of carbonyl (C=O) groups is 1. The molecule has 0 radical (unpaired) electrons. The molecule has 2 rings (SSSR count). The number of nitrogens with one attached hydrogen (secondary N) is 1. The fourth-order valence-corrected chi connectivity index (χ4v) is 3.11. The minimum Gasteiger partial charge on any atom is -0.347 e. The van der Waals surface area contributed by atoms with Gasteiger partial charge in [-0.25, -0.2) is 0 Å². The Morgan fingerprint density at radius 2 is 2.22 bits per heavy atom. The maximum Gasteiger partial charge on any atom is 0.251 e. The number of thiophene rings is 1. The fourth-order valence-electron chi connectivity index (χ4n) is 1.55. The normalized spacial score (nSPS) is 10.4. The van der Waals surface area contributed by atoms with E-state index in [9.17, 15) is 4.79 Å². The van der Waals surface area contributed by atoms with Crippen LogP contribution in [0, 0.1) is 6.92 Å². The average Bonchev–Trinajstić information content (AvgIpc) is 2.75. The van der Waals surface area contributed by atoms with Crippen molar-refractivity contribution in [2.75, 3.05) is 0 Å². The molecule has 0 aliphatic carbocycles. The maximum atomic E-state index is 12.0. The van der Waals surface area contributed by atoms with Crippen molar-refractivity contribution in [2.45, 2.75) is 13.5 Å². The van der Waals surface area contributed by atoms with Crippen molar-refractivity contribution in [3.8, 4) is 0 Å². The second-order valence-electron chi connectivity index (χ2n) is 3.87. The first-order valence-corrected chi connectivity index (χ1v) is 7.38. The third-order valence-corrected chi connectivity index (χ3v) is 4.42. The molecule has 0 aliphatic heterocycles. The van der Waals surface area contributed by atoms with Crippen molar-refractivity contribution in [3.63, 3.8) is 0 Å². The van der Waals surface area contributed by atoms with E-state index in [2.05, 4.69) is 21.2 Å². The number of amides is 1. The second-order valence-corrected chi connectivity index (χ2v) is 6.22. The van der Waals surface area contributed by atoms with E-state index in [1.807, 2.05) is 24.4 Å². The van der Waals surface area contributed by atoms with E-state index in [-0.39, 0.29) is 5.91 Å². The number of rotatable bonds is 3. The molecular formula is C13H11BrClNOS. The summed E-state index contributed by atoms with van der Waals surface area (Å²) in [7, 11) is 0. The highest BCUT2D eigenvalue weighted by Gasteiger charge is 2.09. The molecule has 0 aliphatic rings. The highest BCUT2D eigenvalue weighted by Crippen LogP contribution is 2.20. The van der Waals surface area contributed by atoms with E-state index in [0.29, 0.717) is 17.1 Å². The molecule has 0 saturated carbocycles. The van der Waals surface area contributed by atoms with E-state index in [0.717, 1.165) is 14.9 Å². The Bertz CT molecular complexity index is 582. The molecule has 18 heavy (non-hydrogen) atoms. The van der Waals surface area contributed by atoms with Gasteiger partial charge in [0.1, 0.15) is 0 Å². The van der Waals surface area contributed by atoms with Crippen LogP contribution in [0.15, 0.2) is 34.1 Å². The molecule has 1 aromatic heterocycles. The Labute approximate surface area is 123 Å². The van der Waals surface area contributed by atoms with Crippen LogP contribution >= 0.6 is 38.9 Å². The molecule has 0 fully saturated rings. The van der Waals surface area contributed by atoms with Crippen molar-refractivity contribution in [1.82, 2.24) is 5.32 Å². The standard InChI is InChI=1S/C13H11BrClNOS/c1-8-2-3-10(15)5-12(8)13(17)16-6-11-4-9(14)7-18-11/h2-5,7H,6H2,1H3,(H,16,17). The summed E-state index contributed by atoms with van der Waals surface area (Å²) in [5.74, 6) is -0.0977. The van der Waals surface area contributed by atoms with Gasteiger partial charge in [-0.1, -0.05) is 17.7 Å². The van der Waals surface area contributed by atoms with Gasteiger partial charge in [0.25, 0.3) is 5.91 Å². The van der Waals surface area contributed by atoms with Gasteiger partial charge >= 0.3 is 0 Å². The Kier molecular flexibility index (Phi) is 4.43. The third-order valence-electron chi connectivity index (χ3n) is 2.49. The zero-order valence-electron chi connectivity index (χ0n) is 9.67. The first-order valence-electron chi connectivity index (χ1n) is 5.33. The molecule has 0 saturated heterocycles. The lowest BCUT2D eigenvalue weighted by Crippen LogP contribution is -2.23. The van der Waals surface area contributed by atoms with Gasteiger partial charge in [0.05, 0.1) is 6.54 Å². The SMILES string of the molecule is Cc1ccc(Cl)cc1C(=O)NCc1cc(Br)cs1. The van der Waals surface area contributed by atoms with Crippen LogP contribution in [0.1, 0.15) is 20.8 Å². The lowest BCUT2D eigenvalue weighted by molar-refractivity contribution is 0.0950. The molecule has 94 valence electrons. The van der Waals surface area contributed by atoms with E-state index in [1.165, 1.54) is 0 Å². The topological polar surface area (TPSA) is 29.1 Å². The predicted molar refractivity (Wildman–Crippen MR) is 79.4 cm³/mol. The van der Waals surface area contributed by atoms with Crippen LogP contribution in [0.3, 0.4) is 0 Å². The molecule has 1 amide bonds. The number of benzene rings is 1. The van der Waals surface area contributed by atoms with Crippen LogP contribution in [0.2, 0.25) is 5.02 Å². The monoisotopic (exact) mass is 343 g/mol. The van der Waals surface area contributed by atoms with E-state index >= 15 is 0 Å². The molecular weight excluding hydrogens is 334 g/mol. The Hall–Kier alpha value is -0.840. The predicted octanol–water partition coefficient (Wildman–Crippen LogP) is 4.40. The Balaban J connectivity index is 2.05. The van der Waals surface area contributed by atoms with Crippen LogP contribution in [-0.2, 0) is 6.54 Å². The van der Waals surface area contributed by atoms with E-state index < -0.39 is 0 Å². The van der Waals surface area contributed by atoms with Gasteiger partial charge in [-0.15, -0.1) is 11.3 Å². The number of aryl methyl sites for hydroxylation is 1. The zero-order chi connectivity index (χ0) is 13.1. The molecule has 1 aromatic carbocycles. The number of hydrogen-bond donors (Lipinski definition) is 1. The fraction of sp³-hybridized carbons (Fsp3) is 0.154. The Morgan fingerprint density at radius 3 is 2.89 bits per heavy atom. The quantitative estimate of drug-likeness (QED) is 0.878. The molecule has 1 N–H and O–H groups in total. The molecule has 0 atom stereocenters. The van der Waals surface area contributed by atoms with Gasteiger partial charge in [-0.3, -0.25) is 4.79 Å². The maximum absolute atomic E-state index is 12.0. The molecule has 1 heterocycles. The molecule has 0 spiro atoms. The van der Waals surface area contributed by atoms with E-state index in [1.54, 1.807) is 23.5 Å². The smallest absolute Gasteiger partial charge is 0.251 e. The van der Waals surface area contributed by atoms with E-state index in [4.69, 9.17) is 11.6 Å². The van der Waals surface area contributed by atoms with Crippen molar-refractivity contribution in [3.05, 3.63) is 55.1 Å². The van der Waals surface area contributed by atoms with Gasteiger partial charge in [0.2, 0.25) is 0 Å². The summed E-state index contributed by atoms with van der Waals surface area (Å²) >= 11 is 10.9. The van der Waals surface area contributed by atoms with Crippen LogP contribution in [0.25, 0.3) is 0 Å². The van der Waals surface area contributed by atoms with Crippen molar-refractivity contribution in [1.29, 1.82) is 0 Å². The van der Waals surface area contributed by atoms with Gasteiger partial charge < -0.3 is 5.32 Å². The lowest BCUT2D eigenvalue weighted by Gasteiger charge is -2.07. The molecule has 2 nitrogen and oxygen atoms in total. The van der Waals surface area contributed by atoms with Crippen LogP contribution in [-0.4, -0.2) is 5.91 Å². The molecule has 0 unspecified atom stereocenters. The lowest BCUT2D eigenvalue weighted by atomic mass is 10.1. The third kappa shape index (κ3) is 3.34. The second kappa shape index (κ2) is 5.87. The molecule has 5 heteroatoms. The summed E-state index contributed by atoms with van der Waals surface area (Å²) in [6.45, 7) is 2.42. The summed E-state index contributed by atoms with van der Waals surface area (Å²) in [6, 6.07) is 7.31. The summed E-state index contributed by atoms with van der Waals surface area (Å²) in [6.07, 6.45) is 0. The van der Waals surface area contributed by atoms with Gasteiger partial charge in [-0.2, -0.15) is 0 Å². The summed E-state index contributed by atoms with van der Waals surface area (Å²) in [5, 5.41) is 5.45. The van der Waals surface area contributed by atoms with Crippen molar-refractivity contribution >= 4 is 44.8 Å². The van der Waals surface area contributed by atoms with Crippen LogP contribution in [0.5, 0.6) is 0 Å². The van der Waals surface area contributed by atoms with Crippen LogP contribution < -0.4 is 5.32 Å². The van der Waals surface area contributed by atoms with Gasteiger partial charge in [-0.05, 0) is 46.6 Å². The summed E-state index contributed by atoms with van der Waals surface area (Å²) in [5.41, 5.74) is 1.54. The first kappa shape index (κ1) is 13.6.